The van der Waals surface area contributed by atoms with Gasteiger partial charge >= 0.3 is 0 Å². The third-order valence-electron chi connectivity index (χ3n) is 15.3. The number of rotatable bonds is 5. The Balaban J connectivity index is 1.07. The van der Waals surface area contributed by atoms with Gasteiger partial charge in [-0.25, -0.2) is 0 Å². The number of fused-ring (bicyclic) bond motifs is 13. The van der Waals surface area contributed by atoms with Crippen molar-refractivity contribution in [2.75, 3.05) is 9.80 Å². The first-order valence-electron chi connectivity index (χ1n) is 24.7. The van der Waals surface area contributed by atoms with Crippen LogP contribution in [0, 0.1) is 0 Å². The predicted octanol–water partition coefficient (Wildman–Crippen LogP) is 16.0. The molecule has 0 saturated heterocycles. The molecule has 2 aliphatic rings. The molecule has 334 valence electrons. The topological polar surface area (TPSA) is 37.7 Å². The largest absolute Gasteiger partial charge is 0.456 e. The number of para-hydroxylation sites is 6. The molecular weight excluding hydrogens is 878 g/mol. The third-order valence-corrected chi connectivity index (χ3v) is 15.3. The number of benzene rings is 11. The lowest BCUT2D eigenvalue weighted by Gasteiger charge is -2.45. The summed E-state index contributed by atoms with van der Waals surface area (Å²) >= 11 is 0. The molecule has 0 unspecified atom stereocenters. The van der Waals surface area contributed by atoms with E-state index in [0.29, 0.717) is 0 Å². The molecule has 0 saturated carbocycles. The summed E-state index contributed by atoms with van der Waals surface area (Å²) in [5, 5.41) is 6.81. The van der Waals surface area contributed by atoms with Crippen LogP contribution in [0.3, 0.4) is 0 Å². The van der Waals surface area contributed by atoms with Gasteiger partial charge in [0, 0.05) is 78.3 Å². The average molecular weight is 918 g/mol. The van der Waals surface area contributed by atoms with E-state index in [1.54, 1.807) is 0 Å². The summed E-state index contributed by atoms with van der Waals surface area (Å²) in [7, 11) is 0. The Bertz CT molecular complexity index is 4270. The molecule has 16 rings (SSSR count). The Morgan fingerprint density at radius 2 is 0.694 bits per heavy atom. The van der Waals surface area contributed by atoms with Crippen molar-refractivity contribution < 1.29 is 8.83 Å². The van der Waals surface area contributed by atoms with E-state index in [9.17, 15) is 0 Å². The lowest BCUT2D eigenvalue weighted by Crippen LogP contribution is -2.61. The average Bonchev–Trinajstić information content (AvgIpc) is 4.12. The van der Waals surface area contributed by atoms with Crippen LogP contribution in [0.5, 0.6) is 0 Å². The monoisotopic (exact) mass is 917 g/mol. The maximum Gasteiger partial charge on any atom is 0.252 e. The molecule has 0 N–H and O–H groups in total. The maximum absolute atomic E-state index is 6.79. The van der Waals surface area contributed by atoms with Crippen LogP contribution in [0.4, 0.5) is 34.1 Å². The summed E-state index contributed by atoms with van der Waals surface area (Å²) in [6, 6.07) is 88.3. The number of hydrogen-bond acceptors (Lipinski definition) is 4. The van der Waals surface area contributed by atoms with Crippen molar-refractivity contribution in [3.05, 3.63) is 243 Å². The van der Waals surface area contributed by atoms with E-state index >= 15 is 0 Å². The van der Waals surface area contributed by atoms with Crippen molar-refractivity contribution >= 4 is 123 Å². The highest BCUT2D eigenvalue weighted by molar-refractivity contribution is 7.00. The summed E-state index contributed by atoms with van der Waals surface area (Å²) < 4.78 is 16.1. The van der Waals surface area contributed by atoms with E-state index in [1.807, 2.05) is 0 Å². The molecule has 0 spiro atoms. The smallest absolute Gasteiger partial charge is 0.252 e. The van der Waals surface area contributed by atoms with Crippen molar-refractivity contribution in [3.8, 4) is 27.9 Å². The fourth-order valence-corrected chi connectivity index (χ4v) is 12.3. The number of aromatic nitrogens is 1. The second-order valence-corrected chi connectivity index (χ2v) is 19.1. The minimum absolute atomic E-state index is 0.0904. The number of hydrogen-bond donors (Lipinski definition) is 0. The van der Waals surface area contributed by atoms with Gasteiger partial charge in [0.2, 0.25) is 0 Å². The van der Waals surface area contributed by atoms with Crippen molar-refractivity contribution in [3.63, 3.8) is 0 Å². The quantitative estimate of drug-likeness (QED) is 0.161. The zero-order valence-corrected chi connectivity index (χ0v) is 38.8. The summed E-state index contributed by atoms with van der Waals surface area (Å²) in [5.74, 6) is 0. The molecule has 3 aromatic heterocycles. The van der Waals surface area contributed by atoms with Crippen molar-refractivity contribution in [1.82, 2.24) is 4.57 Å². The SMILES string of the molecule is c1ccc(-c2cc3c(cc2N2c4ccccc4B4c5ccccc5N(c5cc6oc7ccccc7c6cc5-c5ccccc5)c5cc(-n6c7ccccc7c7ccccc76)cc2c54)oc2ccccc23)cc1. The Morgan fingerprint density at radius 3 is 1.18 bits per heavy atom. The number of furan rings is 2. The van der Waals surface area contributed by atoms with Crippen LogP contribution in [0.25, 0.3) is 93.6 Å². The second kappa shape index (κ2) is 15.0. The van der Waals surface area contributed by atoms with Crippen molar-refractivity contribution in [2.45, 2.75) is 0 Å². The molecule has 6 heteroatoms. The highest BCUT2D eigenvalue weighted by Gasteiger charge is 2.44. The normalized spacial score (nSPS) is 12.9. The van der Waals surface area contributed by atoms with E-state index in [-0.39, 0.29) is 6.71 Å². The maximum atomic E-state index is 6.79. The molecular formula is C66H40BN3O2. The fraction of sp³-hybridized carbons (Fsp3) is 0. The Kier molecular flexibility index (Phi) is 8.19. The second-order valence-electron chi connectivity index (χ2n) is 19.1. The molecule has 72 heavy (non-hydrogen) atoms. The van der Waals surface area contributed by atoms with E-state index in [1.165, 1.54) is 27.2 Å². The van der Waals surface area contributed by atoms with Crippen molar-refractivity contribution in [2.24, 2.45) is 0 Å². The first-order chi connectivity index (χ1) is 35.7. The molecule has 0 amide bonds. The third kappa shape index (κ3) is 5.54. The lowest BCUT2D eigenvalue weighted by molar-refractivity contribution is 0.668. The summed E-state index contributed by atoms with van der Waals surface area (Å²) in [5.41, 5.74) is 21.5. The lowest BCUT2D eigenvalue weighted by atomic mass is 9.33. The van der Waals surface area contributed by atoms with Crippen LogP contribution in [0.2, 0.25) is 0 Å². The Labute approximate surface area is 414 Å². The van der Waals surface area contributed by atoms with Gasteiger partial charge in [0.15, 0.2) is 0 Å². The van der Waals surface area contributed by atoms with Gasteiger partial charge in [0.05, 0.1) is 28.1 Å². The Morgan fingerprint density at radius 1 is 0.292 bits per heavy atom. The van der Waals surface area contributed by atoms with Crippen LogP contribution in [0.1, 0.15) is 0 Å². The standard InChI is InChI=1S/C66H40BN3O2/c1-3-19-41(20-4-1)48-37-50-46-25-9-17-33-62(46)71-64(50)39-58(48)69-56-31-15-11-27-52(56)67-53-28-12-16-32-57(53)70(59-40-65-51(47-26-10-18-34-63(47)72-65)38-49(59)42-21-5-2-6-22-42)61-36-43(35-60(69)66(61)67)68-54-29-13-7-23-44(54)45-24-8-14-30-55(45)68/h1-40H. The first kappa shape index (κ1) is 39.3. The van der Waals surface area contributed by atoms with Gasteiger partial charge in [0.1, 0.15) is 22.3 Å². The van der Waals surface area contributed by atoms with Gasteiger partial charge in [-0.15, -0.1) is 0 Å². The highest BCUT2D eigenvalue weighted by Crippen LogP contribution is 2.51. The molecule has 2 aliphatic heterocycles. The minimum Gasteiger partial charge on any atom is -0.456 e. The van der Waals surface area contributed by atoms with Gasteiger partial charge in [0.25, 0.3) is 6.71 Å². The predicted molar refractivity (Wildman–Crippen MR) is 300 cm³/mol. The molecule has 0 atom stereocenters. The molecule has 5 nitrogen and oxygen atoms in total. The molecule has 11 aromatic carbocycles. The molecule has 0 aliphatic carbocycles. The molecule has 0 bridgehead atoms. The van der Waals surface area contributed by atoms with Crippen LogP contribution < -0.4 is 26.2 Å². The van der Waals surface area contributed by atoms with E-state index in [2.05, 4.69) is 257 Å². The van der Waals surface area contributed by atoms with Gasteiger partial charge in [-0.05, 0) is 88.2 Å². The summed E-state index contributed by atoms with van der Waals surface area (Å²) in [4.78, 5) is 5.06. The van der Waals surface area contributed by atoms with Gasteiger partial charge < -0.3 is 23.2 Å². The van der Waals surface area contributed by atoms with Gasteiger partial charge in [-0.3, -0.25) is 0 Å². The summed E-state index contributed by atoms with van der Waals surface area (Å²) in [6.07, 6.45) is 0. The molecule has 0 fully saturated rings. The van der Waals surface area contributed by atoms with Gasteiger partial charge in [-0.1, -0.05) is 170 Å². The van der Waals surface area contributed by atoms with E-state index in [4.69, 9.17) is 8.83 Å². The number of anilines is 6. The van der Waals surface area contributed by atoms with Crippen molar-refractivity contribution in [1.29, 1.82) is 0 Å². The van der Waals surface area contributed by atoms with E-state index < -0.39 is 0 Å². The van der Waals surface area contributed by atoms with E-state index in [0.717, 1.165) is 117 Å². The highest BCUT2D eigenvalue weighted by atomic mass is 16.3. The van der Waals surface area contributed by atoms with Crippen LogP contribution in [-0.2, 0) is 0 Å². The fourth-order valence-electron chi connectivity index (χ4n) is 12.3. The molecule has 14 aromatic rings. The zero-order valence-electron chi connectivity index (χ0n) is 38.8. The first-order valence-corrected chi connectivity index (χ1v) is 24.7. The molecule has 5 heterocycles. The van der Waals surface area contributed by atoms with Crippen LogP contribution in [-0.4, -0.2) is 11.3 Å². The summed E-state index contributed by atoms with van der Waals surface area (Å²) in [6.45, 7) is -0.0904. The van der Waals surface area contributed by atoms with Crippen LogP contribution >= 0.6 is 0 Å². The van der Waals surface area contributed by atoms with Crippen LogP contribution in [0.15, 0.2) is 251 Å². The van der Waals surface area contributed by atoms with Gasteiger partial charge in [-0.2, -0.15) is 0 Å². The number of nitrogens with zero attached hydrogens (tertiary/aromatic N) is 3. The zero-order chi connectivity index (χ0) is 47.0. The Hall–Kier alpha value is -9.52. The molecule has 0 radical (unpaired) electrons. The minimum atomic E-state index is -0.0904.